The van der Waals surface area contributed by atoms with E-state index in [4.69, 9.17) is 5.73 Å². The summed E-state index contributed by atoms with van der Waals surface area (Å²) in [6.07, 6.45) is -2.76. The molecule has 0 unspecified atom stereocenters. The lowest BCUT2D eigenvalue weighted by molar-refractivity contribution is 0.101. The Labute approximate surface area is 79.2 Å². The van der Waals surface area contributed by atoms with Crippen LogP contribution in [0, 0.1) is 0 Å². The number of nitrogens with two attached hydrogens (primary N) is 1. The molecule has 0 atom stereocenters. The normalized spacial score (nSPS) is 10.6. The number of phenolic OH excluding ortho intramolecular Hbond substituents is 1. The maximum absolute atomic E-state index is 12.3. The molecule has 3 nitrogen and oxygen atoms in total. The molecule has 3 N–H and O–H groups in total. The Balaban J connectivity index is 3.31. The molecule has 5 heteroatoms. The van der Waals surface area contributed by atoms with Crippen LogP contribution in [0.2, 0.25) is 0 Å². The zero-order valence-corrected chi connectivity index (χ0v) is 7.42. The van der Waals surface area contributed by atoms with Crippen LogP contribution in [0.4, 0.5) is 14.5 Å². The summed E-state index contributed by atoms with van der Waals surface area (Å²) in [4.78, 5) is 10.9. The van der Waals surface area contributed by atoms with E-state index in [0.717, 1.165) is 12.1 Å². The molecule has 0 heterocycles. The molecule has 0 bridgehead atoms. The van der Waals surface area contributed by atoms with Gasteiger partial charge in [0, 0.05) is 11.3 Å². The number of ketones is 1. The topological polar surface area (TPSA) is 63.3 Å². The van der Waals surface area contributed by atoms with Gasteiger partial charge in [0.2, 0.25) is 0 Å². The van der Waals surface area contributed by atoms with Crippen LogP contribution in [0.3, 0.4) is 0 Å². The summed E-state index contributed by atoms with van der Waals surface area (Å²) in [5.41, 5.74) is 4.58. The van der Waals surface area contributed by atoms with Crippen molar-refractivity contribution >= 4 is 11.5 Å². The fourth-order valence-electron chi connectivity index (χ4n) is 1.09. The highest BCUT2D eigenvalue weighted by Crippen LogP contribution is 2.31. The third-order valence-corrected chi connectivity index (χ3v) is 1.82. The molecule has 0 aliphatic carbocycles. The Bertz CT molecular complexity index is 377. The number of hydrogen-bond donors (Lipinski definition) is 2. The Morgan fingerprint density at radius 3 is 2.50 bits per heavy atom. The van der Waals surface area contributed by atoms with Crippen molar-refractivity contribution in [3.05, 3.63) is 23.3 Å². The predicted molar refractivity (Wildman–Crippen MR) is 47.5 cm³/mol. The quantitative estimate of drug-likeness (QED) is 0.437. The summed E-state index contributed by atoms with van der Waals surface area (Å²) in [5, 5.41) is 9.23. The Hall–Kier alpha value is -1.65. The molecule has 0 saturated carbocycles. The second-order valence-electron chi connectivity index (χ2n) is 2.86. The van der Waals surface area contributed by atoms with E-state index in [-0.39, 0.29) is 11.3 Å². The van der Waals surface area contributed by atoms with Crippen molar-refractivity contribution in [2.45, 2.75) is 13.3 Å². The molecule has 0 aliphatic rings. The summed E-state index contributed by atoms with van der Waals surface area (Å²) < 4.78 is 24.5. The molecule has 0 spiro atoms. The summed E-state index contributed by atoms with van der Waals surface area (Å²) in [6.45, 7) is 1.22. The number of halogens is 2. The van der Waals surface area contributed by atoms with Gasteiger partial charge < -0.3 is 10.8 Å². The highest BCUT2D eigenvalue weighted by Gasteiger charge is 2.16. The zero-order valence-electron chi connectivity index (χ0n) is 7.42. The lowest BCUT2D eigenvalue weighted by Crippen LogP contribution is -2.00. The van der Waals surface area contributed by atoms with E-state index in [1.165, 1.54) is 6.92 Å². The van der Waals surface area contributed by atoms with Crippen LogP contribution in [0.25, 0.3) is 0 Å². The largest absolute Gasteiger partial charge is 0.507 e. The van der Waals surface area contributed by atoms with Crippen molar-refractivity contribution in [3.8, 4) is 5.75 Å². The van der Waals surface area contributed by atoms with Crippen LogP contribution in [0.1, 0.15) is 29.3 Å². The van der Waals surface area contributed by atoms with Crippen LogP contribution in [-0.4, -0.2) is 10.9 Å². The second kappa shape index (κ2) is 3.61. The van der Waals surface area contributed by atoms with E-state index in [9.17, 15) is 18.7 Å². The van der Waals surface area contributed by atoms with Gasteiger partial charge in [-0.25, -0.2) is 8.78 Å². The zero-order chi connectivity index (χ0) is 10.9. The first-order chi connectivity index (χ1) is 6.43. The molecule has 0 saturated heterocycles. The number of alkyl halides is 2. The number of carbonyl (C=O) groups is 1. The SMILES string of the molecule is CC(=O)c1cc(N)c(C(F)F)cc1O. The summed E-state index contributed by atoms with van der Waals surface area (Å²) >= 11 is 0. The van der Waals surface area contributed by atoms with Gasteiger partial charge in [-0.05, 0) is 19.1 Å². The first kappa shape index (κ1) is 10.4. The highest BCUT2D eigenvalue weighted by atomic mass is 19.3. The van der Waals surface area contributed by atoms with Crippen molar-refractivity contribution in [1.29, 1.82) is 0 Å². The molecule has 14 heavy (non-hydrogen) atoms. The van der Waals surface area contributed by atoms with Crippen molar-refractivity contribution in [3.63, 3.8) is 0 Å². The molecule has 0 amide bonds. The number of nitrogen functional groups attached to an aromatic ring is 1. The van der Waals surface area contributed by atoms with Gasteiger partial charge in [0.25, 0.3) is 6.43 Å². The number of aromatic hydroxyl groups is 1. The molecule has 1 aromatic carbocycles. The minimum Gasteiger partial charge on any atom is -0.507 e. The van der Waals surface area contributed by atoms with Gasteiger partial charge in [-0.3, -0.25) is 4.79 Å². The maximum atomic E-state index is 12.3. The standard InChI is InChI=1S/C9H9F2NO2/c1-4(13)5-2-7(12)6(9(10)11)3-8(5)14/h2-3,9,14H,12H2,1H3. The summed E-state index contributed by atoms with van der Waals surface area (Å²) in [5.74, 6) is -0.892. The van der Waals surface area contributed by atoms with Gasteiger partial charge in [0.15, 0.2) is 5.78 Å². The average molecular weight is 201 g/mol. The highest BCUT2D eigenvalue weighted by molar-refractivity contribution is 5.97. The summed E-state index contributed by atoms with van der Waals surface area (Å²) in [7, 11) is 0. The van der Waals surface area contributed by atoms with Crippen LogP contribution in [0.5, 0.6) is 5.75 Å². The minimum atomic E-state index is -2.76. The minimum absolute atomic E-state index is 0.0492. The number of rotatable bonds is 2. The smallest absolute Gasteiger partial charge is 0.265 e. The lowest BCUT2D eigenvalue weighted by atomic mass is 10.1. The number of benzene rings is 1. The van der Waals surface area contributed by atoms with Crippen molar-refractivity contribution < 1.29 is 18.7 Å². The second-order valence-corrected chi connectivity index (χ2v) is 2.86. The molecule has 0 fully saturated rings. The Kier molecular flexibility index (Phi) is 2.69. The van der Waals surface area contributed by atoms with Crippen LogP contribution in [-0.2, 0) is 0 Å². The molecule has 1 rings (SSSR count). The number of Topliss-reactive ketones (excluding diaryl/α,β-unsaturated/α-hetero) is 1. The van der Waals surface area contributed by atoms with Crippen molar-refractivity contribution in [2.24, 2.45) is 0 Å². The van der Waals surface area contributed by atoms with Crippen LogP contribution >= 0.6 is 0 Å². The van der Waals surface area contributed by atoms with E-state index >= 15 is 0 Å². The van der Waals surface area contributed by atoms with Gasteiger partial charge in [-0.15, -0.1) is 0 Å². The third kappa shape index (κ3) is 1.81. The molecular weight excluding hydrogens is 192 g/mol. The fraction of sp³-hybridized carbons (Fsp3) is 0.222. The van der Waals surface area contributed by atoms with Crippen molar-refractivity contribution in [2.75, 3.05) is 5.73 Å². The molecule has 0 aromatic heterocycles. The van der Waals surface area contributed by atoms with Gasteiger partial charge in [0.05, 0.1) is 5.56 Å². The first-order valence-electron chi connectivity index (χ1n) is 3.85. The van der Waals surface area contributed by atoms with Crippen LogP contribution < -0.4 is 5.73 Å². The number of phenols is 1. The predicted octanol–water partition coefficient (Wildman–Crippen LogP) is 2.11. The van der Waals surface area contributed by atoms with Gasteiger partial charge in [-0.2, -0.15) is 0 Å². The monoisotopic (exact) mass is 201 g/mol. The average Bonchev–Trinajstić information content (AvgIpc) is 2.07. The van der Waals surface area contributed by atoms with E-state index in [0.29, 0.717) is 0 Å². The molecular formula is C9H9F2NO2. The Morgan fingerprint density at radius 2 is 2.07 bits per heavy atom. The van der Waals surface area contributed by atoms with E-state index in [1.54, 1.807) is 0 Å². The molecule has 0 radical (unpaired) electrons. The van der Waals surface area contributed by atoms with Crippen molar-refractivity contribution in [1.82, 2.24) is 0 Å². The molecule has 76 valence electrons. The summed E-state index contributed by atoms with van der Waals surface area (Å²) in [6, 6.07) is 1.87. The van der Waals surface area contributed by atoms with E-state index < -0.39 is 23.5 Å². The Morgan fingerprint density at radius 1 is 1.50 bits per heavy atom. The third-order valence-electron chi connectivity index (χ3n) is 1.82. The van der Waals surface area contributed by atoms with E-state index in [1.807, 2.05) is 0 Å². The maximum Gasteiger partial charge on any atom is 0.265 e. The van der Waals surface area contributed by atoms with Gasteiger partial charge >= 0.3 is 0 Å². The molecule has 1 aromatic rings. The fourth-order valence-corrected chi connectivity index (χ4v) is 1.09. The van der Waals surface area contributed by atoms with Crippen LogP contribution in [0.15, 0.2) is 12.1 Å². The van der Waals surface area contributed by atoms with Gasteiger partial charge in [-0.1, -0.05) is 0 Å². The number of carbonyl (C=O) groups excluding carboxylic acids is 1. The van der Waals surface area contributed by atoms with Gasteiger partial charge in [0.1, 0.15) is 5.75 Å². The lowest BCUT2D eigenvalue weighted by Gasteiger charge is -2.07. The van der Waals surface area contributed by atoms with E-state index in [2.05, 4.69) is 0 Å². The number of hydrogen-bond acceptors (Lipinski definition) is 3. The molecule has 0 aliphatic heterocycles. The first-order valence-corrected chi connectivity index (χ1v) is 3.85. The number of anilines is 1.